The van der Waals surface area contributed by atoms with E-state index in [1.807, 2.05) is 152 Å². The summed E-state index contributed by atoms with van der Waals surface area (Å²) in [5, 5.41) is 3.28. The molecule has 1 amide bonds. The van der Waals surface area contributed by atoms with Crippen molar-refractivity contribution in [2.75, 3.05) is 13.7 Å². The van der Waals surface area contributed by atoms with Gasteiger partial charge in [-0.25, -0.2) is 4.79 Å². The quantitative estimate of drug-likeness (QED) is 0.0366. The molecule has 60 heavy (non-hydrogen) atoms. The molecule has 1 saturated heterocycles. The molecular weight excluding hydrogens is 870 g/mol. The molecular formula is C49H47BrNO6PSSi. The van der Waals surface area contributed by atoms with E-state index in [4.69, 9.17) is 13.9 Å². The molecule has 1 heterocycles. The normalized spacial score (nSPS) is 15.5. The predicted molar refractivity (Wildman–Crippen MR) is 252 cm³/mol. The van der Waals surface area contributed by atoms with Crippen molar-refractivity contribution in [3.8, 4) is 5.75 Å². The third-order valence-corrected chi connectivity index (χ3v) is 22.3. The van der Waals surface area contributed by atoms with Gasteiger partial charge in [-0.2, -0.15) is 0 Å². The van der Waals surface area contributed by atoms with E-state index in [1.165, 1.54) is 4.90 Å². The largest absolute Gasteiger partial charge is 0.497 e. The monoisotopic (exact) mass is 915 g/mol. The molecule has 0 unspecified atom stereocenters. The van der Waals surface area contributed by atoms with E-state index < -0.39 is 31.4 Å². The van der Waals surface area contributed by atoms with Crippen LogP contribution in [-0.2, 0) is 30.2 Å². The van der Waals surface area contributed by atoms with E-state index in [-0.39, 0.29) is 34.7 Å². The minimum Gasteiger partial charge on any atom is -0.497 e. The van der Waals surface area contributed by atoms with Crippen LogP contribution in [0.1, 0.15) is 26.3 Å². The van der Waals surface area contributed by atoms with Gasteiger partial charge >= 0.3 is 5.97 Å². The van der Waals surface area contributed by atoms with Crippen molar-refractivity contribution in [3.05, 3.63) is 181 Å². The molecule has 7 rings (SSSR count). The topological polar surface area (TPSA) is 82.1 Å². The molecule has 0 radical (unpaired) electrons. The van der Waals surface area contributed by atoms with E-state index in [1.54, 1.807) is 7.11 Å². The van der Waals surface area contributed by atoms with Gasteiger partial charge in [-0.1, -0.05) is 212 Å². The van der Waals surface area contributed by atoms with Gasteiger partial charge in [0.2, 0.25) is 11.0 Å². The fourth-order valence-electron chi connectivity index (χ4n) is 7.96. The van der Waals surface area contributed by atoms with Crippen LogP contribution in [0.15, 0.2) is 176 Å². The van der Waals surface area contributed by atoms with Gasteiger partial charge < -0.3 is 13.9 Å². The molecule has 11 heteroatoms. The Labute approximate surface area is 366 Å². The smallest absolute Gasteiger partial charge is 0.356 e. The Balaban J connectivity index is 1.35. The number of hydrogen-bond donors (Lipinski definition) is 0. The Morgan fingerprint density at radius 3 is 1.53 bits per heavy atom. The maximum Gasteiger partial charge on any atom is 0.356 e. The molecule has 6 aromatic rings. The van der Waals surface area contributed by atoms with Crippen LogP contribution < -0.4 is 31.0 Å². The molecule has 0 saturated carbocycles. The number of benzene rings is 6. The van der Waals surface area contributed by atoms with Crippen molar-refractivity contribution in [3.63, 3.8) is 0 Å². The van der Waals surface area contributed by atoms with Gasteiger partial charge in [-0.15, -0.1) is 0 Å². The number of thioether (sulfide) groups is 1. The van der Waals surface area contributed by atoms with Crippen LogP contribution >= 0.6 is 34.6 Å². The van der Waals surface area contributed by atoms with Crippen LogP contribution in [0.4, 0.5) is 0 Å². The number of ether oxygens (including phenoxy) is 2. The van der Waals surface area contributed by atoms with Crippen molar-refractivity contribution in [2.45, 2.75) is 42.6 Å². The van der Waals surface area contributed by atoms with Crippen molar-refractivity contribution < 1.29 is 28.3 Å². The van der Waals surface area contributed by atoms with Crippen LogP contribution in [0.2, 0.25) is 5.04 Å². The second-order valence-electron chi connectivity index (χ2n) is 15.4. The van der Waals surface area contributed by atoms with E-state index in [0.29, 0.717) is 5.75 Å². The van der Waals surface area contributed by atoms with Crippen molar-refractivity contribution >= 4 is 91.6 Å². The Hall–Kier alpha value is -4.96. The lowest BCUT2D eigenvalue weighted by Crippen LogP contribution is -2.67. The number of esters is 1. The summed E-state index contributed by atoms with van der Waals surface area (Å²) >= 11 is 4.64. The molecule has 7 nitrogen and oxygen atoms in total. The molecule has 306 valence electrons. The number of hydrogen-bond acceptors (Lipinski definition) is 7. The second-order valence-corrected chi connectivity index (χ2v) is 25.1. The number of alkyl halides is 1. The Morgan fingerprint density at radius 1 is 0.683 bits per heavy atom. The standard InChI is InChI=1S/C49H47BrNO6PSSi/c1-49(2,3)60(41-26-16-8-17-27-41,42-28-18-9-19-29-42)57-35-43(52)59-47-44(50)45(53)51(47)46(48(54)56-34-36-30-32-37(55-4)33-31-36)58(38-20-10-5-11-21-38,39-22-12-6-13-23-39)40-24-14-7-15-25-40/h5-33,44,47H,34-35H2,1-4H3/t44-,47+/m0/s1. The Kier molecular flexibility index (Phi) is 13.5. The number of rotatable bonds is 14. The van der Waals surface area contributed by atoms with Gasteiger partial charge in [0.25, 0.3) is 8.32 Å². The zero-order valence-electron chi connectivity index (χ0n) is 33.9. The van der Waals surface area contributed by atoms with Gasteiger partial charge in [0.1, 0.15) is 34.6 Å². The number of carbonyl (C=O) groups excluding carboxylic acids is 3. The maximum absolute atomic E-state index is 15.2. The summed E-state index contributed by atoms with van der Waals surface area (Å²) in [5.41, 5.74) is 0.944. The van der Waals surface area contributed by atoms with E-state index in [0.717, 1.165) is 43.6 Å². The fourth-order valence-corrected chi connectivity index (χ4v) is 18.7. The summed E-state index contributed by atoms with van der Waals surface area (Å²) in [6, 6.07) is 57.1. The molecule has 2 atom stereocenters. The maximum atomic E-state index is 15.2. The average Bonchev–Trinajstić information content (AvgIpc) is 3.29. The van der Waals surface area contributed by atoms with Gasteiger partial charge in [-0.3, -0.25) is 14.5 Å². The minimum atomic E-state index is -3.21. The first kappa shape index (κ1) is 43.1. The number of likely N-dealkylation sites (tertiary alicyclic amines) is 1. The highest BCUT2D eigenvalue weighted by Gasteiger charge is 2.55. The SMILES string of the molecule is COc1ccc(COC(=O)C(N2C(=O)[C@H](Br)[C@H]2SC(=O)CO[Si](c2ccccc2)(c2ccccc2)C(C)(C)C)=P(c2ccccc2)(c2ccccc2)c2ccccc2)cc1. The van der Waals surface area contributed by atoms with E-state index in [9.17, 15) is 9.59 Å². The van der Waals surface area contributed by atoms with E-state index >= 15 is 4.79 Å². The van der Waals surface area contributed by atoms with Gasteiger partial charge in [0.05, 0.1) is 7.11 Å². The summed E-state index contributed by atoms with van der Waals surface area (Å²) in [5.74, 6) is -0.306. The van der Waals surface area contributed by atoms with Crippen LogP contribution in [0.3, 0.4) is 0 Å². The summed E-state index contributed by atoms with van der Waals surface area (Å²) in [4.78, 5) is 45.0. The summed E-state index contributed by atoms with van der Waals surface area (Å²) in [6.07, 6.45) is 0. The highest BCUT2D eigenvalue weighted by atomic mass is 79.9. The fraction of sp³-hybridized carbons (Fsp3) is 0.184. The first-order valence-corrected chi connectivity index (χ1v) is 25.2. The molecule has 1 aliphatic heterocycles. The number of β-lactam (4-membered cyclic amide) rings is 1. The molecule has 0 N–H and O–H groups in total. The summed E-state index contributed by atoms with van der Waals surface area (Å²) in [7, 11) is -1.47. The van der Waals surface area contributed by atoms with Crippen molar-refractivity contribution in [1.82, 2.24) is 4.90 Å². The van der Waals surface area contributed by atoms with Gasteiger partial charge in [-0.05, 0) is 49.0 Å². The first-order chi connectivity index (χ1) is 29.0. The second kappa shape index (κ2) is 18.8. The van der Waals surface area contributed by atoms with E-state index in [2.05, 4.69) is 61.0 Å². The summed E-state index contributed by atoms with van der Waals surface area (Å²) < 4.78 is 18.6. The summed E-state index contributed by atoms with van der Waals surface area (Å²) in [6.45, 7) is 3.03. The third-order valence-electron chi connectivity index (χ3n) is 10.7. The molecule has 0 aliphatic carbocycles. The predicted octanol–water partition coefficient (Wildman–Crippen LogP) is 7.63. The number of methoxy groups -OCH3 is 1. The molecule has 0 spiro atoms. The lowest BCUT2D eigenvalue weighted by atomic mass is 10.2. The van der Waals surface area contributed by atoms with Crippen LogP contribution in [0.25, 0.3) is 0 Å². The number of halogens is 1. The number of amides is 1. The molecule has 0 bridgehead atoms. The number of carbonyl (C=O) groups is 3. The van der Waals surface area contributed by atoms with Crippen molar-refractivity contribution in [1.29, 1.82) is 0 Å². The van der Waals surface area contributed by atoms with Crippen LogP contribution in [-0.4, -0.2) is 59.5 Å². The van der Waals surface area contributed by atoms with Gasteiger partial charge in [0, 0.05) is 6.89 Å². The third kappa shape index (κ3) is 8.36. The first-order valence-electron chi connectivity index (χ1n) is 19.7. The Morgan fingerprint density at radius 2 is 1.12 bits per heavy atom. The molecule has 1 aliphatic rings. The zero-order valence-corrected chi connectivity index (χ0v) is 38.2. The molecule has 0 aromatic heterocycles. The number of nitrogens with zero attached hydrogens (tertiary/aromatic N) is 1. The highest BCUT2D eigenvalue weighted by molar-refractivity contribution is 9.10. The molecule has 6 aromatic carbocycles. The molecule has 1 fully saturated rings. The van der Waals surface area contributed by atoms with Crippen LogP contribution in [0.5, 0.6) is 5.75 Å². The minimum absolute atomic E-state index is 0.0481. The lowest BCUT2D eigenvalue weighted by molar-refractivity contribution is -0.142. The average molecular weight is 917 g/mol. The lowest BCUT2D eigenvalue weighted by Gasteiger charge is -2.47. The van der Waals surface area contributed by atoms with Crippen LogP contribution in [0, 0.1) is 0 Å². The van der Waals surface area contributed by atoms with Crippen molar-refractivity contribution in [2.24, 2.45) is 0 Å². The Bertz CT molecular complexity index is 2330. The highest BCUT2D eigenvalue weighted by Crippen LogP contribution is 2.50. The van der Waals surface area contributed by atoms with Gasteiger partial charge in [0.15, 0.2) is 0 Å². The zero-order chi connectivity index (χ0) is 42.3.